The molecule has 2 N–H and O–H groups in total. The van der Waals surface area contributed by atoms with E-state index in [9.17, 15) is 14.7 Å². The number of hydrogen-bond acceptors (Lipinski definition) is 3. The van der Waals surface area contributed by atoms with Gasteiger partial charge in [0, 0.05) is 19.4 Å². The second-order valence-corrected chi connectivity index (χ2v) is 5.48. The lowest BCUT2D eigenvalue weighted by atomic mass is 10.0. The predicted molar refractivity (Wildman–Crippen MR) is 65.0 cm³/mol. The van der Waals surface area contributed by atoms with E-state index in [1.54, 1.807) is 0 Å². The first-order valence-electron chi connectivity index (χ1n) is 6.78. The van der Waals surface area contributed by atoms with Gasteiger partial charge in [-0.15, -0.1) is 0 Å². The molecule has 1 aliphatic carbocycles. The number of amides is 1. The first kappa shape index (κ1) is 13.3. The van der Waals surface area contributed by atoms with Gasteiger partial charge in [-0.3, -0.25) is 4.79 Å². The van der Waals surface area contributed by atoms with Gasteiger partial charge in [0.2, 0.25) is 5.91 Å². The van der Waals surface area contributed by atoms with Crippen LogP contribution in [0.4, 0.5) is 0 Å². The lowest BCUT2D eigenvalue weighted by molar-refractivity contribution is -0.148. The lowest BCUT2D eigenvalue weighted by Crippen LogP contribution is -2.40. The minimum absolute atomic E-state index is 0.120. The van der Waals surface area contributed by atoms with Crippen LogP contribution in [0.25, 0.3) is 0 Å². The van der Waals surface area contributed by atoms with Crippen LogP contribution >= 0.6 is 0 Å². The van der Waals surface area contributed by atoms with Crippen LogP contribution < -0.4 is 0 Å². The van der Waals surface area contributed by atoms with Crippen LogP contribution in [-0.2, 0) is 9.59 Å². The number of β-amino-alcohol motifs (C(OH)–C–C–N with tert-alkyl or cyclic N) is 1. The van der Waals surface area contributed by atoms with Gasteiger partial charge < -0.3 is 15.1 Å². The fraction of sp³-hybridized carbons (Fsp3) is 0.846. The van der Waals surface area contributed by atoms with Crippen molar-refractivity contribution in [2.45, 2.75) is 57.1 Å². The second-order valence-electron chi connectivity index (χ2n) is 5.48. The number of likely N-dealkylation sites (tertiary alicyclic amines) is 1. The Morgan fingerprint density at radius 3 is 2.50 bits per heavy atom. The summed E-state index contributed by atoms with van der Waals surface area (Å²) in [4.78, 5) is 24.4. The zero-order valence-electron chi connectivity index (χ0n) is 10.5. The maximum Gasteiger partial charge on any atom is 0.326 e. The van der Waals surface area contributed by atoms with Crippen molar-refractivity contribution in [1.82, 2.24) is 4.90 Å². The third kappa shape index (κ3) is 3.02. The Kier molecular flexibility index (Phi) is 4.22. The highest BCUT2D eigenvalue weighted by Gasteiger charge is 2.38. The van der Waals surface area contributed by atoms with E-state index in [0.29, 0.717) is 12.3 Å². The molecule has 0 bridgehead atoms. The number of nitrogens with zero attached hydrogens (tertiary/aromatic N) is 1. The second kappa shape index (κ2) is 5.69. The van der Waals surface area contributed by atoms with Gasteiger partial charge in [0.1, 0.15) is 6.04 Å². The number of hydrogen-bond donors (Lipinski definition) is 2. The Balaban J connectivity index is 1.85. The number of carboxylic acid groups (broad SMARTS) is 1. The van der Waals surface area contributed by atoms with E-state index in [1.165, 1.54) is 30.6 Å². The van der Waals surface area contributed by atoms with E-state index in [1.807, 2.05) is 0 Å². The zero-order chi connectivity index (χ0) is 13.1. The number of aliphatic carboxylic acids is 1. The average molecular weight is 255 g/mol. The van der Waals surface area contributed by atoms with Crippen molar-refractivity contribution >= 4 is 11.9 Å². The molecule has 18 heavy (non-hydrogen) atoms. The minimum atomic E-state index is -1.01. The minimum Gasteiger partial charge on any atom is -0.480 e. The molecule has 5 heteroatoms. The van der Waals surface area contributed by atoms with Crippen LogP contribution in [-0.4, -0.2) is 45.7 Å². The summed E-state index contributed by atoms with van der Waals surface area (Å²) in [6.45, 7) is 0.167. The molecular weight excluding hydrogens is 234 g/mol. The molecule has 0 aromatic carbocycles. The molecule has 2 atom stereocenters. The standard InChI is InChI=1S/C13H21NO4/c15-10-7-11(13(17)18)14(8-10)12(16)6-5-9-3-1-2-4-9/h9-11,15H,1-8H2,(H,17,18). The molecule has 1 saturated heterocycles. The van der Waals surface area contributed by atoms with Crippen molar-refractivity contribution in [2.24, 2.45) is 5.92 Å². The van der Waals surface area contributed by atoms with Crippen LogP contribution in [0.3, 0.4) is 0 Å². The molecule has 0 aromatic heterocycles. The van der Waals surface area contributed by atoms with Gasteiger partial charge in [-0.25, -0.2) is 4.79 Å². The van der Waals surface area contributed by atoms with Gasteiger partial charge in [-0.05, 0) is 12.3 Å². The molecule has 1 aliphatic heterocycles. The molecule has 2 unspecified atom stereocenters. The van der Waals surface area contributed by atoms with E-state index >= 15 is 0 Å². The van der Waals surface area contributed by atoms with Gasteiger partial charge in [0.25, 0.3) is 0 Å². The van der Waals surface area contributed by atoms with Gasteiger partial charge in [0.05, 0.1) is 6.10 Å². The number of carboxylic acids is 1. The summed E-state index contributed by atoms with van der Waals surface area (Å²) in [5, 5.41) is 18.5. The Morgan fingerprint density at radius 1 is 1.22 bits per heavy atom. The molecule has 0 spiro atoms. The molecule has 0 aromatic rings. The smallest absolute Gasteiger partial charge is 0.326 e. The van der Waals surface area contributed by atoms with Crippen LogP contribution in [0.2, 0.25) is 0 Å². The van der Waals surface area contributed by atoms with Crippen LogP contribution in [0.5, 0.6) is 0 Å². The van der Waals surface area contributed by atoms with Crippen molar-refractivity contribution < 1.29 is 19.8 Å². The fourth-order valence-electron chi connectivity index (χ4n) is 3.09. The van der Waals surface area contributed by atoms with Gasteiger partial charge in [-0.2, -0.15) is 0 Å². The third-order valence-electron chi connectivity index (χ3n) is 4.13. The SMILES string of the molecule is O=C(O)C1CC(O)CN1C(=O)CCC1CCCC1. The summed E-state index contributed by atoms with van der Waals surface area (Å²) in [5.74, 6) is -0.503. The third-order valence-corrected chi connectivity index (χ3v) is 4.13. The number of carbonyl (C=O) groups excluding carboxylic acids is 1. The van der Waals surface area contributed by atoms with Crippen LogP contribution in [0.15, 0.2) is 0 Å². The number of aliphatic hydroxyl groups excluding tert-OH is 1. The maximum atomic E-state index is 12.0. The molecule has 2 rings (SSSR count). The maximum absolute atomic E-state index is 12.0. The van der Waals surface area contributed by atoms with Gasteiger partial charge >= 0.3 is 5.97 Å². The summed E-state index contributed by atoms with van der Waals surface area (Å²) >= 11 is 0. The van der Waals surface area contributed by atoms with E-state index in [-0.39, 0.29) is 18.9 Å². The van der Waals surface area contributed by atoms with Gasteiger partial charge in [-0.1, -0.05) is 25.7 Å². The quantitative estimate of drug-likeness (QED) is 0.785. The first-order valence-corrected chi connectivity index (χ1v) is 6.78. The highest BCUT2D eigenvalue weighted by atomic mass is 16.4. The van der Waals surface area contributed by atoms with Crippen molar-refractivity contribution in [2.75, 3.05) is 6.54 Å². The largest absolute Gasteiger partial charge is 0.480 e. The van der Waals surface area contributed by atoms with Gasteiger partial charge in [0.15, 0.2) is 0 Å². The molecular formula is C13H21NO4. The van der Waals surface area contributed by atoms with E-state index in [0.717, 1.165) is 6.42 Å². The molecule has 1 saturated carbocycles. The first-order chi connectivity index (χ1) is 8.58. The van der Waals surface area contributed by atoms with Crippen molar-refractivity contribution in [3.63, 3.8) is 0 Å². The van der Waals surface area contributed by atoms with Crippen molar-refractivity contribution in [3.05, 3.63) is 0 Å². The normalized spacial score (nSPS) is 28.8. The van der Waals surface area contributed by atoms with Crippen molar-refractivity contribution in [3.8, 4) is 0 Å². The summed E-state index contributed by atoms with van der Waals surface area (Å²) in [6.07, 6.45) is 5.62. The molecule has 102 valence electrons. The number of aliphatic hydroxyl groups is 1. The van der Waals surface area contributed by atoms with E-state index < -0.39 is 18.1 Å². The zero-order valence-corrected chi connectivity index (χ0v) is 10.5. The predicted octanol–water partition coefficient (Wildman–Crippen LogP) is 1.00. The summed E-state index contributed by atoms with van der Waals surface area (Å²) in [5.41, 5.74) is 0. The average Bonchev–Trinajstić information content (AvgIpc) is 2.94. The van der Waals surface area contributed by atoms with E-state index in [2.05, 4.69) is 0 Å². The van der Waals surface area contributed by atoms with E-state index in [4.69, 9.17) is 5.11 Å². The van der Waals surface area contributed by atoms with Crippen LogP contribution in [0, 0.1) is 5.92 Å². The summed E-state index contributed by atoms with van der Waals surface area (Å²) in [6, 6.07) is -0.837. The highest BCUT2D eigenvalue weighted by Crippen LogP contribution is 2.29. The highest BCUT2D eigenvalue weighted by molar-refractivity contribution is 5.84. The number of rotatable bonds is 4. The molecule has 2 fully saturated rings. The summed E-state index contributed by atoms with van der Waals surface area (Å²) in [7, 11) is 0. The molecule has 1 amide bonds. The van der Waals surface area contributed by atoms with Crippen molar-refractivity contribution in [1.29, 1.82) is 0 Å². The number of carbonyl (C=O) groups is 2. The molecule has 2 aliphatic rings. The summed E-state index contributed by atoms with van der Waals surface area (Å²) < 4.78 is 0. The topological polar surface area (TPSA) is 77.8 Å². The lowest BCUT2D eigenvalue weighted by Gasteiger charge is -2.21. The Hall–Kier alpha value is -1.10. The monoisotopic (exact) mass is 255 g/mol. The molecule has 0 radical (unpaired) electrons. The Morgan fingerprint density at radius 2 is 1.89 bits per heavy atom. The van der Waals surface area contributed by atoms with Crippen LogP contribution in [0.1, 0.15) is 44.9 Å². The Bertz CT molecular complexity index is 325. The Labute approximate surface area is 107 Å². The fourth-order valence-corrected chi connectivity index (χ4v) is 3.09. The molecule has 1 heterocycles. The molecule has 5 nitrogen and oxygen atoms in total.